The van der Waals surface area contributed by atoms with Crippen LogP contribution in [0.4, 0.5) is 0 Å². The Hall–Kier alpha value is -0.460. The lowest BCUT2D eigenvalue weighted by Gasteiger charge is -2.13. The Bertz CT molecular complexity index is 388. The lowest BCUT2D eigenvalue weighted by Crippen LogP contribution is -2.05. The van der Waals surface area contributed by atoms with Gasteiger partial charge in [0.05, 0.1) is 0 Å². The Morgan fingerprint density at radius 3 is 1.12 bits per heavy atom. The molecular formula is C30H68Cl2. The minimum Gasteiger partial charge on any atom is -0.127 e. The van der Waals surface area contributed by atoms with Gasteiger partial charge in [0.2, 0.25) is 0 Å². The van der Waals surface area contributed by atoms with Crippen molar-refractivity contribution in [2.24, 2.45) is 35.5 Å². The Balaban J connectivity index is -0.0000000369. The molecule has 2 rings (SSSR count). The van der Waals surface area contributed by atoms with E-state index < -0.39 is 0 Å². The number of allylic oxidation sites excluding steroid dienone is 4. The van der Waals surface area contributed by atoms with Crippen molar-refractivity contribution < 1.29 is 0 Å². The van der Waals surface area contributed by atoms with Gasteiger partial charge >= 0.3 is 0 Å². The molecule has 0 nitrogen and oxygen atoms in total. The SMILES string of the molecule is C.C.C.C.C.C.C.C.C.C=CC1CC(C=C)C(CCCl)C1.C=CC1CC(C=C)C(CCl)C1. The highest BCUT2D eigenvalue weighted by Gasteiger charge is 2.30. The summed E-state index contributed by atoms with van der Waals surface area (Å²) in [6, 6.07) is 0. The fraction of sp³-hybridized carbons (Fsp3) is 0.733. The molecule has 2 aliphatic rings. The summed E-state index contributed by atoms with van der Waals surface area (Å²) < 4.78 is 0. The highest BCUT2D eigenvalue weighted by atomic mass is 35.5. The summed E-state index contributed by atoms with van der Waals surface area (Å²) >= 11 is 11.6. The van der Waals surface area contributed by atoms with Crippen molar-refractivity contribution in [1.29, 1.82) is 0 Å². The van der Waals surface area contributed by atoms with E-state index in [1.807, 2.05) is 12.2 Å². The second-order valence-corrected chi connectivity index (χ2v) is 7.57. The third-order valence-electron chi connectivity index (χ3n) is 5.52. The highest BCUT2D eigenvalue weighted by Crippen LogP contribution is 2.39. The number of alkyl halides is 2. The molecule has 0 amide bonds. The van der Waals surface area contributed by atoms with Gasteiger partial charge in [-0.25, -0.2) is 0 Å². The molecule has 2 saturated carbocycles. The first-order valence-electron chi connectivity index (χ1n) is 8.75. The van der Waals surface area contributed by atoms with E-state index in [9.17, 15) is 0 Å². The zero-order valence-electron chi connectivity index (χ0n) is 14.3. The van der Waals surface area contributed by atoms with Crippen molar-refractivity contribution in [1.82, 2.24) is 0 Å². The van der Waals surface area contributed by atoms with E-state index in [0.717, 1.165) is 24.1 Å². The first-order chi connectivity index (χ1) is 11.1. The predicted octanol–water partition coefficient (Wildman–Crippen LogP) is 12.6. The van der Waals surface area contributed by atoms with E-state index in [2.05, 4.69) is 38.5 Å². The van der Waals surface area contributed by atoms with Crippen molar-refractivity contribution in [2.45, 2.75) is 98.9 Å². The van der Waals surface area contributed by atoms with Crippen LogP contribution in [-0.4, -0.2) is 11.8 Å². The molecule has 32 heavy (non-hydrogen) atoms. The fourth-order valence-electron chi connectivity index (χ4n) is 4.02. The van der Waals surface area contributed by atoms with Gasteiger partial charge in [-0.05, 0) is 67.6 Å². The van der Waals surface area contributed by atoms with E-state index in [4.69, 9.17) is 23.2 Å². The molecule has 0 aromatic heterocycles. The molecule has 6 unspecified atom stereocenters. The number of hydrogen-bond donors (Lipinski definition) is 0. The van der Waals surface area contributed by atoms with Crippen molar-refractivity contribution in [2.75, 3.05) is 11.8 Å². The van der Waals surface area contributed by atoms with Crippen molar-refractivity contribution in [3.8, 4) is 0 Å². The lowest BCUT2D eigenvalue weighted by molar-refractivity contribution is 0.446. The maximum absolute atomic E-state index is 5.82. The van der Waals surface area contributed by atoms with Crippen LogP contribution in [0.1, 0.15) is 98.9 Å². The van der Waals surface area contributed by atoms with E-state index in [0.29, 0.717) is 29.6 Å². The normalized spacial score (nSPS) is 25.8. The summed E-state index contributed by atoms with van der Waals surface area (Å²) in [7, 11) is 0. The Morgan fingerprint density at radius 2 is 0.875 bits per heavy atom. The Kier molecular flexibility index (Phi) is 59.2. The van der Waals surface area contributed by atoms with Crippen LogP contribution in [0.5, 0.6) is 0 Å². The molecule has 0 aromatic carbocycles. The molecule has 202 valence electrons. The van der Waals surface area contributed by atoms with Crippen LogP contribution in [0.15, 0.2) is 50.6 Å². The van der Waals surface area contributed by atoms with E-state index >= 15 is 0 Å². The minimum atomic E-state index is 0. The molecule has 0 saturated heterocycles. The lowest BCUT2D eigenvalue weighted by atomic mass is 9.94. The van der Waals surface area contributed by atoms with E-state index in [-0.39, 0.29) is 66.8 Å². The van der Waals surface area contributed by atoms with Gasteiger partial charge in [-0.1, -0.05) is 91.1 Å². The van der Waals surface area contributed by atoms with Gasteiger partial charge in [0.25, 0.3) is 0 Å². The van der Waals surface area contributed by atoms with Gasteiger partial charge in [0.1, 0.15) is 0 Å². The third-order valence-corrected chi connectivity index (χ3v) is 6.14. The van der Waals surface area contributed by atoms with Gasteiger partial charge in [0.15, 0.2) is 0 Å². The smallest absolute Gasteiger partial charge is 0.0257 e. The molecule has 0 bridgehead atoms. The summed E-state index contributed by atoms with van der Waals surface area (Å²) in [5, 5.41) is 0. The second kappa shape index (κ2) is 32.7. The molecule has 0 aromatic rings. The second-order valence-electron chi connectivity index (χ2n) is 6.89. The molecule has 2 heteroatoms. The van der Waals surface area contributed by atoms with Gasteiger partial charge in [-0.3, -0.25) is 0 Å². The molecule has 0 N–H and O–H groups in total. The zero-order chi connectivity index (χ0) is 17.2. The third kappa shape index (κ3) is 18.0. The quantitative estimate of drug-likeness (QED) is 0.241. The molecule has 0 heterocycles. The standard InChI is InChI=1S/C11H17Cl.C10H15Cl.9CH4/c1-3-9-7-10(4-2)11(8-9)5-6-12;1-3-8-5-9(4-2)10(6-8)7-11;;;;;;;;;/h3-4,9-11H,1-2,5-8H2;3-4,8-10H,1-2,5-7H2;9*1H4. The number of hydrogen-bond acceptors (Lipinski definition) is 0. The molecule has 6 atom stereocenters. The van der Waals surface area contributed by atoms with Gasteiger partial charge < -0.3 is 0 Å². The first-order valence-corrected chi connectivity index (χ1v) is 9.82. The topological polar surface area (TPSA) is 0 Å². The summed E-state index contributed by atoms with van der Waals surface area (Å²) in [6.07, 6.45) is 14.3. The first kappa shape index (κ1) is 57.9. The van der Waals surface area contributed by atoms with Crippen LogP contribution in [0.3, 0.4) is 0 Å². The van der Waals surface area contributed by atoms with E-state index in [1.165, 1.54) is 25.7 Å². The molecule has 0 aliphatic heterocycles. The minimum absolute atomic E-state index is 0. The molecule has 0 radical (unpaired) electrons. The van der Waals surface area contributed by atoms with Crippen LogP contribution in [0.2, 0.25) is 0 Å². The summed E-state index contributed by atoms with van der Waals surface area (Å²) in [5.74, 6) is 5.59. The van der Waals surface area contributed by atoms with Gasteiger partial charge in [-0.15, -0.1) is 49.5 Å². The molecular weight excluding hydrogens is 431 g/mol. The average Bonchev–Trinajstić information content (AvgIpc) is 3.18. The van der Waals surface area contributed by atoms with Crippen molar-refractivity contribution in [3.63, 3.8) is 0 Å². The van der Waals surface area contributed by atoms with Crippen LogP contribution >= 0.6 is 23.2 Å². The monoisotopic (exact) mass is 498 g/mol. The fourth-order valence-corrected chi connectivity index (χ4v) is 4.65. The van der Waals surface area contributed by atoms with Gasteiger partial charge in [-0.2, -0.15) is 0 Å². The number of rotatable bonds is 7. The maximum atomic E-state index is 5.82. The van der Waals surface area contributed by atoms with Crippen LogP contribution < -0.4 is 0 Å². The summed E-state index contributed by atoms with van der Waals surface area (Å²) in [6.45, 7) is 15.3. The van der Waals surface area contributed by atoms with Crippen LogP contribution in [0.25, 0.3) is 0 Å². The van der Waals surface area contributed by atoms with Crippen LogP contribution in [0, 0.1) is 35.5 Å². The van der Waals surface area contributed by atoms with Crippen LogP contribution in [-0.2, 0) is 0 Å². The molecule has 2 aliphatic carbocycles. The molecule has 2 fully saturated rings. The maximum Gasteiger partial charge on any atom is 0.0257 e. The zero-order valence-corrected chi connectivity index (χ0v) is 15.8. The van der Waals surface area contributed by atoms with Gasteiger partial charge in [0, 0.05) is 11.8 Å². The largest absolute Gasteiger partial charge is 0.127 e. The number of halogens is 2. The summed E-state index contributed by atoms with van der Waals surface area (Å²) in [4.78, 5) is 0. The molecule has 0 spiro atoms. The van der Waals surface area contributed by atoms with E-state index in [1.54, 1.807) is 0 Å². The Labute approximate surface area is 219 Å². The average molecular weight is 500 g/mol. The highest BCUT2D eigenvalue weighted by molar-refractivity contribution is 6.18. The van der Waals surface area contributed by atoms with Crippen molar-refractivity contribution >= 4 is 23.2 Å². The Morgan fingerprint density at radius 1 is 0.531 bits per heavy atom. The predicted molar refractivity (Wildman–Crippen MR) is 167 cm³/mol. The van der Waals surface area contributed by atoms with Crippen molar-refractivity contribution in [3.05, 3.63) is 50.6 Å². The summed E-state index contributed by atoms with van der Waals surface area (Å²) in [5.41, 5.74) is 0.